The van der Waals surface area contributed by atoms with Crippen LogP contribution < -0.4 is 25.8 Å². The highest BCUT2D eigenvalue weighted by Gasteiger charge is 2.09. The van der Waals surface area contributed by atoms with E-state index < -0.39 is 6.03 Å². The van der Waals surface area contributed by atoms with Crippen molar-refractivity contribution in [3.63, 3.8) is 0 Å². The van der Waals surface area contributed by atoms with E-state index in [0.29, 0.717) is 22.3 Å². The van der Waals surface area contributed by atoms with E-state index >= 15 is 0 Å². The zero-order valence-corrected chi connectivity index (χ0v) is 15.0. The Bertz CT molecular complexity index is 937. The van der Waals surface area contributed by atoms with E-state index in [9.17, 15) is 4.79 Å². The molecule has 0 bridgehead atoms. The van der Waals surface area contributed by atoms with Crippen molar-refractivity contribution in [1.82, 2.24) is 10.3 Å². The molecule has 1 heterocycles. The number of aromatic nitrogens is 1. The lowest BCUT2D eigenvalue weighted by Crippen LogP contribution is -2.39. The fourth-order valence-corrected chi connectivity index (χ4v) is 3.08. The molecule has 9 heteroatoms. The van der Waals surface area contributed by atoms with Crippen molar-refractivity contribution < 1.29 is 14.3 Å². The van der Waals surface area contributed by atoms with E-state index in [0.717, 1.165) is 10.2 Å². The molecule has 0 aliphatic carbocycles. The van der Waals surface area contributed by atoms with Gasteiger partial charge in [0.05, 0.1) is 24.4 Å². The Morgan fingerprint density at radius 1 is 1.15 bits per heavy atom. The standard InChI is InChI=1S/C17H17N5O3S/c1-24-12-8-7-10(9-13(12)25-2)19-16(23)21-15(18)22-17-20-11-5-3-4-6-14(11)26-17/h3-9H,1-2H3,(H4,18,19,20,21,22,23). The van der Waals surface area contributed by atoms with Gasteiger partial charge >= 0.3 is 6.03 Å². The predicted molar refractivity (Wildman–Crippen MR) is 103 cm³/mol. The first kappa shape index (κ1) is 17.5. The zero-order chi connectivity index (χ0) is 18.5. The highest BCUT2D eigenvalue weighted by atomic mass is 32.1. The molecule has 0 saturated heterocycles. The third-order valence-electron chi connectivity index (χ3n) is 3.38. The molecule has 2 aromatic carbocycles. The number of nitrogens with zero attached hydrogens (tertiary/aromatic N) is 2. The number of hydrogen-bond donors (Lipinski definition) is 3. The summed E-state index contributed by atoms with van der Waals surface area (Å²) in [4.78, 5) is 20.5. The first-order valence-corrected chi connectivity index (χ1v) is 8.40. The third-order valence-corrected chi connectivity index (χ3v) is 4.31. The quantitative estimate of drug-likeness (QED) is 0.482. The monoisotopic (exact) mass is 371 g/mol. The van der Waals surface area contributed by atoms with Gasteiger partial charge in [-0.15, -0.1) is 0 Å². The third kappa shape index (κ3) is 4.01. The van der Waals surface area contributed by atoms with Gasteiger partial charge in [-0.05, 0) is 24.3 Å². The Morgan fingerprint density at radius 2 is 1.92 bits per heavy atom. The number of para-hydroxylation sites is 1. The zero-order valence-electron chi connectivity index (χ0n) is 14.1. The second-order valence-corrected chi connectivity index (χ2v) is 6.12. The molecule has 0 aliphatic rings. The summed E-state index contributed by atoms with van der Waals surface area (Å²) >= 11 is 1.38. The first-order valence-electron chi connectivity index (χ1n) is 7.59. The van der Waals surface area contributed by atoms with Crippen LogP contribution >= 0.6 is 11.3 Å². The number of ether oxygens (including phenoxy) is 2. The van der Waals surface area contributed by atoms with Gasteiger partial charge in [0.2, 0.25) is 11.1 Å². The minimum absolute atomic E-state index is 0.0537. The molecular formula is C17H17N5O3S. The van der Waals surface area contributed by atoms with Crippen molar-refractivity contribution in [2.24, 2.45) is 10.7 Å². The predicted octanol–water partition coefficient (Wildman–Crippen LogP) is 3.08. The number of guanidine groups is 1. The number of benzene rings is 2. The largest absolute Gasteiger partial charge is 0.493 e. The van der Waals surface area contributed by atoms with Crippen LogP contribution in [0.2, 0.25) is 0 Å². The van der Waals surface area contributed by atoms with E-state index in [1.165, 1.54) is 25.6 Å². The molecule has 3 rings (SSSR count). The molecule has 3 aromatic rings. The number of thiazole rings is 1. The number of rotatable bonds is 4. The van der Waals surface area contributed by atoms with Gasteiger partial charge in [0.1, 0.15) is 0 Å². The summed E-state index contributed by atoms with van der Waals surface area (Å²) in [5, 5.41) is 5.58. The van der Waals surface area contributed by atoms with Crippen molar-refractivity contribution in [3.8, 4) is 11.5 Å². The van der Waals surface area contributed by atoms with Crippen molar-refractivity contribution in [1.29, 1.82) is 0 Å². The highest BCUT2D eigenvalue weighted by Crippen LogP contribution is 2.30. The van der Waals surface area contributed by atoms with Crippen molar-refractivity contribution in [3.05, 3.63) is 42.5 Å². The SMILES string of the molecule is COc1ccc(NC(=O)NC(N)=Nc2nc3ccccc3s2)cc1OC. The number of urea groups is 1. The summed E-state index contributed by atoms with van der Waals surface area (Å²) in [7, 11) is 3.06. The molecule has 0 saturated carbocycles. The first-order chi connectivity index (χ1) is 12.6. The van der Waals surface area contributed by atoms with E-state index in [-0.39, 0.29) is 5.96 Å². The summed E-state index contributed by atoms with van der Waals surface area (Å²) in [5.74, 6) is 1.01. The van der Waals surface area contributed by atoms with E-state index in [4.69, 9.17) is 15.2 Å². The van der Waals surface area contributed by atoms with Crippen LogP contribution in [0.3, 0.4) is 0 Å². The number of methoxy groups -OCH3 is 2. The van der Waals surface area contributed by atoms with Crippen molar-refractivity contribution in [2.45, 2.75) is 0 Å². The normalized spacial score (nSPS) is 11.2. The number of amides is 2. The molecular weight excluding hydrogens is 354 g/mol. The van der Waals surface area contributed by atoms with Gasteiger partial charge in [-0.3, -0.25) is 5.32 Å². The number of carbonyl (C=O) groups excluding carboxylic acids is 1. The molecule has 4 N–H and O–H groups in total. The lowest BCUT2D eigenvalue weighted by molar-refractivity contribution is 0.256. The van der Waals surface area contributed by atoms with Crippen LogP contribution in [-0.4, -0.2) is 31.2 Å². The number of nitrogens with one attached hydrogen (secondary N) is 2. The lowest BCUT2D eigenvalue weighted by atomic mass is 10.3. The number of hydrogen-bond acceptors (Lipinski definition) is 6. The Morgan fingerprint density at radius 3 is 2.65 bits per heavy atom. The minimum Gasteiger partial charge on any atom is -0.493 e. The Hall–Kier alpha value is -3.33. The van der Waals surface area contributed by atoms with Gasteiger partial charge in [-0.25, -0.2) is 9.78 Å². The van der Waals surface area contributed by atoms with Gasteiger partial charge in [0, 0.05) is 11.8 Å². The summed E-state index contributed by atoms with van der Waals surface area (Å²) in [6.07, 6.45) is 0. The van der Waals surface area contributed by atoms with Gasteiger partial charge in [0.15, 0.2) is 11.5 Å². The number of nitrogens with two attached hydrogens (primary N) is 1. The summed E-state index contributed by atoms with van der Waals surface area (Å²) in [6.45, 7) is 0. The highest BCUT2D eigenvalue weighted by molar-refractivity contribution is 7.22. The van der Waals surface area contributed by atoms with Gasteiger partial charge in [-0.2, -0.15) is 4.99 Å². The molecule has 134 valence electrons. The second-order valence-electron chi connectivity index (χ2n) is 5.11. The second kappa shape index (κ2) is 7.70. The van der Waals surface area contributed by atoms with E-state index in [2.05, 4.69) is 20.6 Å². The van der Waals surface area contributed by atoms with E-state index in [1.54, 1.807) is 18.2 Å². The Labute approximate surface area is 153 Å². The van der Waals surface area contributed by atoms with Crippen LogP contribution in [0, 0.1) is 0 Å². The average molecular weight is 371 g/mol. The molecule has 26 heavy (non-hydrogen) atoms. The molecule has 0 radical (unpaired) electrons. The molecule has 0 atom stereocenters. The Kier molecular flexibility index (Phi) is 5.18. The molecule has 0 spiro atoms. The minimum atomic E-state index is -0.528. The smallest absolute Gasteiger partial charge is 0.325 e. The molecule has 0 unspecified atom stereocenters. The average Bonchev–Trinajstić information content (AvgIpc) is 3.03. The molecule has 8 nitrogen and oxygen atoms in total. The maximum atomic E-state index is 12.1. The number of aliphatic imine (C=N–C) groups is 1. The van der Waals surface area contributed by atoms with Crippen LogP contribution in [0.1, 0.15) is 0 Å². The molecule has 0 fully saturated rings. The number of fused-ring (bicyclic) bond motifs is 1. The number of carbonyl (C=O) groups is 1. The summed E-state index contributed by atoms with van der Waals surface area (Å²) < 4.78 is 11.3. The summed E-state index contributed by atoms with van der Waals surface area (Å²) in [5.41, 5.74) is 7.14. The lowest BCUT2D eigenvalue weighted by Gasteiger charge is -2.11. The van der Waals surface area contributed by atoms with E-state index in [1.807, 2.05) is 24.3 Å². The van der Waals surface area contributed by atoms with Crippen LogP contribution in [0.5, 0.6) is 11.5 Å². The maximum absolute atomic E-state index is 12.1. The molecule has 2 amide bonds. The molecule has 0 aliphatic heterocycles. The van der Waals surface area contributed by atoms with Crippen LogP contribution in [0.25, 0.3) is 10.2 Å². The van der Waals surface area contributed by atoms with Gasteiger partial charge in [0.25, 0.3) is 0 Å². The fraction of sp³-hybridized carbons (Fsp3) is 0.118. The van der Waals surface area contributed by atoms with Crippen LogP contribution in [0.4, 0.5) is 15.6 Å². The van der Waals surface area contributed by atoms with Crippen LogP contribution in [0.15, 0.2) is 47.5 Å². The van der Waals surface area contributed by atoms with Gasteiger partial charge < -0.3 is 20.5 Å². The Balaban J connectivity index is 1.67. The fourth-order valence-electron chi connectivity index (χ4n) is 2.23. The van der Waals surface area contributed by atoms with Gasteiger partial charge in [-0.1, -0.05) is 23.5 Å². The van der Waals surface area contributed by atoms with Crippen LogP contribution in [-0.2, 0) is 0 Å². The van der Waals surface area contributed by atoms with Crippen molar-refractivity contribution >= 4 is 44.4 Å². The maximum Gasteiger partial charge on any atom is 0.325 e. The number of anilines is 1. The topological polar surface area (TPSA) is 111 Å². The van der Waals surface area contributed by atoms with Crippen molar-refractivity contribution in [2.75, 3.05) is 19.5 Å². The molecule has 1 aromatic heterocycles. The summed E-state index contributed by atoms with van der Waals surface area (Å²) in [6, 6.07) is 12.1.